The highest BCUT2D eigenvalue weighted by Gasteiger charge is 2.57. The highest BCUT2D eigenvalue weighted by atomic mass is 16.8. The molecule has 6 heterocycles. The summed E-state index contributed by atoms with van der Waals surface area (Å²) in [6.45, 7) is 2.74. The van der Waals surface area contributed by atoms with Crippen LogP contribution in [0.15, 0.2) is 0 Å². The fraction of sp³-hybridized carbons (Fsp3) is 0.974. The lowest BCUT2D eigenvalue weighted by molar-refractivity contribution is -0.396. The van der Waals surface area contributed by atoms with Crippen LogP contribution in [0.3, 0.4) is 0 Å². The number of hydrogen-bond acceptors (Lipinski definition) is 28. The Kier molecular flexibility index (Phi) is 19.3. The molecule has 0 unspecified atom stereocenters. The molecule has 68 heavy (non-hydrogen) atoms. The molecule has 6 saturated heterocycles. The van der Waals surface area contributed by atoms with E-state index in [1.807, 2.05) is 0 Å². The summed E-state index contributed by atoms with van der Waals surface area (Å²) in [5.41, 5.74) is 0. The summed E-state index contributed by atoms with van der Waals surface area (Å²) in [4.78, 5) is 11.7. The Morgan fingerprint density at radius 3 is 1.22 bits per heavy atom. The Hall–Kier alpha value is -1.61. The first-order chi connectivity index (χ1) is 32.1. The number of ether oxygens (including phenoxy) is 12. The smallest absolute Gasteiger partial charge is 0.217 e. The molecule has 6 aliphatic heterocycles. The number of methoxy groups -OCH3 is 1. The summed E-state index contributed by atoms with van der Waals surface area (Å²) in [5.74, 6) is -0.539. The van der Waals surface area contributed by atoms with Crippen LogP contribution in [-0.2, 0) is 61.6 Å². The normalized spacial score (nSPS) is 52.6. The maximum absolute atomic E-state index is 11.7. The van der Waals surface area contributed by atoms with E-state index in [4.69, 9.17) is 56.8 Å². The van der Waals surface area contributed by atoms with Crippen molar-refractivity contribution in [2.75, 3.05) is 26.9 Å². The van der Waals surface area contributed by atoms with Crippen molar-refractivity contribution in [2.24, 2.45) is 0 Å². The Morgan fingerprint density at radius 1 is 0.412 bits per heavy atom. The van der Waals surface area contributed by atoms with Crippen molar-refractivity contribution in [1.29, 1.82) is 0 Å². The predicted octanol–water partition coefficient (Wildman–Crippen LogP) is -10.2. The van der Waals surface area contributed by atoms with Crippen LogP contribution < -0.4 is 5.32 Å². The van der Waals surface area contributed by atoms with Gasteiger partial charge in [-0.05, 0) is 20.8 Å². The summed E-state index contributed by atoms with van der Waals surface area (Å²) >= 11 is 0. The fourth-order valence-corrected chi connectivity index (χ4v) is 9.00. The minimum absolute atomic E-state index is 0.539. The van der Waals surface area contributed by atoms with Gasteiger partial charge >= 0.3 is 0 Å². The second-order valence-electron chi connectivity index (χ2n) is 17.7. The summed E-state index contributed by atoms with van der Waals surface area (Å²) in [7, 11) is 1.14. The van der Waals surface area contributed by atoms with Gasteiger partial charge in [-0.2, -0.15) is 0 Å². The topological polar surface area (TPSA) is 443 Å². The maximum Gasteiger partial charge on any atom is 0.217 e. The van der Waals surface area contributed by atoms with E-state index in [0.29, 0.717) is 0 Å². The van der Waals surface area contributed by atoms with Crippen LogP contribution in [0.2, 0.25) is 0 Å². The van der Waals surface area contributed by atoms with Crippen molar-refractivity contribution in [3.05, 3.63) is 0 Å². The van der Waals surface area contributed by atoms with E-state index in [0.717, 1.165) is 7.11 Å². The summed E-state index contributed by atoms with van der Waals surface area (Å²) in [5, 5.41) is 165. The molecule has 6 fully saturated rings. The first-order valence-electron chi connectivity index (χ1n) is 22.1. The van der Waals surface area contributed by atoms with E-state index >= 15 is 0 Å². The zero-order chi connectivity index (χ0) is 50.2. The van der Waals surface area contributed by atoms with Gasteiger partial charge in [0.15, 0.2) is 37.7 Å². The molecule has 0 radical (unpaired) electrons. The van der Waals surface area contributed by atoms with E-state index in [2.05, 4.69) is 5.32 Å². The van der Waals surface area contributed by atoms with Gasteiger partial charge in [0, 0.05) is 14.0 Å². The number of nitrogens with one attached hydrogen (secondary N) is 1. The number of rotatable bonds is 15. The number of carbonyl (C=O) groups is 1. The number of carbonyl (C=O) groups excluding carboxylic acids is 1. The van der Waals surface area contributed by atoms with Crippen molar-refractivity contribution in [2.45, 2.75) is 212 Å². The van der Waals surface area contributed by atoms with Crippen molar-refractivity contribution in [3.63, 3.8) is 0 Å². The van der Waals surface area contributed by atoms with Crippen molar-refractivity contribution in [1.82, 2.24) is 5.32 Å². The first kappa shape index (κ1) is 55.7. The Labute approximate surface area is 388 Å². The third-order valence-electron chi connectivity index (χ3n) is 13.0. The zero-order valence-corrected chi connectivity index (χ0v) is 37.5. The monoisotopic (exact) mass is 997 g/mol. The molecule has 0 aromatic heterocycles. The van der Waals surface area contributed by atoms with Crippen molar-refractivity contribution >= 4 is 5.91 Å². The fourth-order valence-electron chi connectivity index (χ4n) is 9.00. The van der Waals surface area contributed by atoms with Crippen LogP contribution in [-0.4, -0.2) is 294 Å². The highest BCUT2D eigenvalue weighted by Crippen LogP contribution is 2.37. The summed E-state index contributed by atoms with van der Waals surface area (Å²) in [6, 6.07) is -1.08. The molecule has 0 bridgehead atoms. The van der Waals surface area contributed by atoms with Crippen LogP contribution in [0.4, 0.5) is 0 Å². The Bertz CT molecular complexity index is 1590. The van der Waals surface area contributed by atoms with E-state index in [1.54, 1.807) is 0 Å². The molecular weight excluding hydrogens is 930 g/mol. The van der Waals surface area contributed by atoms with Crippen LogP contribution in [0, 0.1) is 0 Å². The SMILES string of the molecule is CO[C@H]1[C@H](O[C@@H]2[C@@H](O)[C@H](C)O[C@H](O[C@@H]3[C@H](O)[C@H](O)O[C@H](CO)[C@H]3O)[C@@H]2O)O[C@@H](C)[C@H](O)[C@H]1O[C@H]1O[C@H](CO)[C@@H](O)[C@H](O[C@H]2O[C@H](CO)[C@@H](O)[C@H](O[C@H]3O[C@H](C)[C@@H](NC(C)=O)[C@H](O)[C@@H]3O)[C@@H]2O)[C@@H]1O. The van der Waals surface area contributed by atoms with Crippen molar-refractivity contribution < 1.29 is 138 Å². The van der Waals surface area contributed by atoms with E-state index in [-0.39, 0.29) is 0 Å². The average Bonchev–Trinajstić information content (AvgIpc) is 3.30. The second kappa shape index (κ2) is 23.5. The quantitative estimate of drug-likeness (QED) is 0.0724. The number of amides is 1. The molecule has 0 aliphatic carbocycles. The Morgan fingerprint density at radius 2 is 0.765 bits per heavy atom. The Balaban J connectivity index is 1.17. The highest BCUT2D eigenvalue weighted by molar-refractivity contribution is 5.73. The lowest BCUT2D eigenvalue weighted by Gasteiger charge is -2.50. The van der Waals surface area contributed by atoms with Gasteiger partial charge in [-0.3, -0.25) is 4.79 Å². The number of aliphatic hydroxyl groups excluding tert-OH is 15. The van der Waals surface area contributed by atoms with Gasteiger partial charge in [0.25, 0.3) is 0 Å². The van der Waals surface area contributed by atoms with Crippen molar-refractivity contribution in [3.8, 4) is 0 Å². The minimum Gasteiger partial charge on any atom is -0.394 e. The van der Waals surface area contributed by atoms with Gasteiger partial charge in [-0.25, -0.2) is 0 Å². The molecule has 396 valence electrons. The molecule has 0 aromatic carbocycles. The van der Waals surface area contributed by atoms with Crippen LogP contribution in [0.1, 0.15) is 27.7 Å². The van der Waals surface area contributed by atoms with E-state index < -0.39 is 210 Å². The number of aliphatic hydroxyl groups is 15. The third-order valence-corrected chi connectivity index (χ3v) is 13.0. The first-order valence-corrected chi connectivity index (χ1v) is 22.1. The van der Waals surface area contributed by atoms with Gasteiger partial charge in [0.1, 0.15) is 122 Å². The molecule has 6 rings (SSSR count). The second-order valence-corrected chi connectivity index (χ2v) is 17.7. The standard InChI is InChI=1S/C39H67NO28/c1-9-16(40-12(4)44)22(50)23(51)35(58-9)65-30-20(48)14(7-42)62-37(26(30)54)66-31-21(49)15(8-43)63-38(27(31)55)68-32-18(46)11(3)60-39(33(32)57-5)67-28-17(45)10(2)59-36(25(28)53)64-29-19(47)13(6-41)61-34(56)24(29)52/h9-11,13-39,41-43,45-56H,6-8H2,1-5H3,(H,40,44)/t9-,10+,11+,13-,14-,15-,16-,17+,18+,19-,20-,21-,22+,23+,24+,25-,26+,27+,28-,29+,30+,31+,32-,33-,34-,35-,36-,37-,38-,39+/m1/s1. The van der Waals surface area contributed by atoms with Gasteiger partial charge in [-0.1, -0.05) is 0 Å². The minimum atomic E-state index is -2.09. The summed E-state index contributed by atoms with van der Waals surface area (Å²) in [6.07, 6.45) is -49.4. The molecule has 29 heteroatoms. The molecule has 1 amide bonds. The lowest BCUT2D eigenvalue weighted by atomic mass is 9.95. The summed E-state index contributed by atoms with van der Waals surface area (Å²) < 4.78 is 68.4. The molecule has 0 spiro atoms. The van der Waals surface area contributed by atoms with E-state index in [1.165, 1.54) is 27.7 Å². The molecule has 29 nitrogen and oxygen atoms in total. The molecule has 6 aliphatic rings. The van der Waals surface area contributed by atoms with Crippen LogP contribution in [0.25, 0.3) is 0 Å². The maximum atomic E-state index is 11.7. The van der Waals surface area contributed by atoms with Gasteiger partial charge < -0.3 is 139 Å². The molecule has 30 atom stereocenters. The van der Waals surface area contributed by atoms with Gasteiger partial charge in [0.2, 0.25) is 5.91 Å². The van der Waals surface area contributed by atoms with Gasteiger partial charge in [0.05, 0.1) is 44.2 Å². The van der Waals surface area contributed by atoms with Crippen LogP contribution >= 0.6 is 0 Å². The number of hydrogen-bond donors (Lipinski definition) is 16. The molecule has 0 aromatic rings. The van der Waals surface area contributed by atoms with E-state index in [9.17, 15) is 81.4 Å². The third kappa shape index (κ3) is 11.4. The molecule has 16 N–H and O–H groups in total. The predicted molar refractivity (Wildman–Crippen MR) is 211 cm³/mol. The van der Waals surface area contributed by atoms with Crippen LogP contribution in [0.5, 0.6) is 0 Å². The zero-order valence-electron chi connectivity index (χ0n) is 37.5. The molecule has 0 saturated carbocycles. The lowest BCUT2D eigenvalue weighted by Crippen LogP contribution is -2.68. The molecular formula is C39H67NO28. The average molecular weight is 998 g/mol. The van der Waals surface area contributed by atoms with Gasteiger partial charge in [-0.15, -0.1) is 0 Å². The largest absolute Gasteiger partial charge is 0.394 e.